The quantitative estimate of drug-likeness (QED) is 0.558. The molecule has 1 nitrogen and oxygen atoms in total. The number of halogens is 1. The molecule has 0 bridgehead atoms. The maximum Gasteiger partial charge on any atom is 0.0656 e. The predicted molar refractivity (Wildman–Crippen MR) is 39.3 cm³/mol. The highest BCUT2D eigenvalue weighted by molar-refractivity contribution is 6.17. The third-order valence-corrected chi connectivity index (χ3v) is 1.50. The van der Waals surface area contributed by atoms with Gasteiger partial charge in [0.1, 0.15) is 0 Å². The Balaban J connectivity index is 3.32. The summed E-state index contributed by atoms with van der Waals surface area (Å²) >= 11 is 5.46. The highest BCUT2D eigenvalue weighted by Gasteiger charge is 2.02. The van der Waals surface area contributed by atoms with Crippen LogP contribution in [0.1, 0.15) is 26.2 Å². The van der Waals surface area contributed by atoms with Gasteiger partial charge >= 0.3 is 0 Å². The zero-order valence-electron chi connectivity index (χ0n) is 5.73. The molecule has 0 spiro atoms. The molecule has 0 heterocycles. The molecule has 0 radical (unpaired) electrons. The molecule has 0 amide bonds. The summed E-state index contributed by atoms with van der Waals surface area (Å²) in [6, 6.07) is 2.22. The molecule has 0 fully saturated rings. The average molecular weight is 146 g/mol. The van der Waals surface area contributed by atoms with E-state index in [1.165, 1.54) is 0 Å². The smallest absolute Gasteiger partial charge is 0.0656 e. The summed E-state index contributed by atoms with van der Waals surface area (Å²) in [6.07, 6.45) is 2.91. The van der Waals surface area contributed by atoms with Gasteiger partial charge in [0.05, 0.1) is 6.07 Å². The number of hydrogen-bond acceptors (Lipinski definition) is 1. The lowest BCUT2D eigenvalue weighted by atomic mass is 10.0. The Morgan fingerprint density at radius 3 is 2.56 bits per heavy atom. The number of nitriles is 1. The zero-order chi connectivity index (χ0) is 7.11. The van der Waals surface area contributed by atoms with Gasteiger partial charge in [-0.1, -0.05) is 13.3 Å². The number of nitrogens with zero attached hydrogens (tertiary/aromatic N) is 1. The standard InChI is InChI=1S/C7H12ClN/c1-2-3-7(6-9)4-5-8/h7H,2-5H2,1H3. The van der Waals surface area contributed by atoms with E-state index in [1.807, 2.05) is 0 Å². The zero-order valence-corrected chi connectivity index (χ0v) is 6.49. The van der Waals surface area contributed by atoms with Crippen LogP contribution in [0.25, 0.3) is 0 Å². The van der Waals surface area contributed by atoms with E-state index in [0.717, 1.165) is 19.3 Å². The van der Waals surface area contributed by atoms with E-state index < -0.39 is 0 Å². The monoisotopic (exact) mass is 145 g/mol. The molecule has 0 aromatic heterocycles. The Morgan fingerprint density at radius 2 is 2.22 bits per heavy atom. The summed E-state index contributed by atoms with van der Waals surface area (Å²) in [7, 11) is 0. The fourth-order valence-electron chi connectivity index (χ4n) is 0.754. The second-order valence-electron chi connectivity index (χ2n) is 2.09. The van der Waals surface area contributed by atoms with Crippen molar-refractivity contribution < 1.29 is 0 Å². The number of rotatable bonds is 4. The first-order valence-electron chi connectivity index (χ1n) is 3.30. The highest BCUT2D eigenvalue weighted by atomic mass is 35.5. The molecule has 0 aliphatic heterocycles. The molecule has 1 unspecified atom stereocenters. The van der Waals surface area contributed by atoms with E-state index in [9.17, 15) is 0 Å². The SMILES string of the molecule is CCCC(C#N)CCCl. The van der Waals surface area contributed by atoms with Gasteiger partial charge in [0.15, 0.2) is 0 Å². The molecule has 0 rings (SSSR count). The van der Waals surface area contributed by atoms with Gasteiger partial charge in [-0.2, -0.15) is 5.26 Å². The first-order valence-corrected chi connectivity index (χ1v) is 3.84. The summed E-state index contributed by atoms with van der Waals surface area (Å²) in [5, 5.41) is 8.48. The van der Waals surface area contributed by atoms with Crippen molar-refractivity contribution in [3.63, 3.8) is 0 Å². The molecule has 2 heteroatoms. The van der Waals surface area contributed by atoms with Crippen LogP contribution in [0.3, 0.4) is 0 Å². The van der Waals surface area contributed by atoms with Crippen LogP contribution in [0, 0.1) is 17.2 Å². The molecule has 9 heavy (non-hydrogen) atoms. The summed E-state index contributed by atoms with van der Waals surface area (Å²) in [5.74, 6) is 0.797. The lowest BCUT2D eigenvalue weighted by Crippen LogP contribution is -1.96. The summed E-state index contributed by atoms with van der Waals surface area (Å²) in [6.45, 7) is 2.08. The van der Waals surface area contributed by atoms with Gasteiger partial charge in [0.25, 0.3) is 0 Å². The molecule has 0 N–H and O–H groups in total. The molecule has 52 valence electrons. The van der Waals surface area contributed by atoms with Gasteiger partial charge in [-0.3, -0.25) is 0 Å². The summed E-state index contributed by atoms with van der Waals surface area (Å²) < 4.78 is 0. The molecule has 0 aromatic carbocycles. The third kappa shape index (κ3) is 4.29. The molecule has 1 atom stereocenters. The van der Waals surface area contributed by atoms with Crippen molar-refractivity contribution in [2.75, 3.05) is 5.88 Å². The van der Waals surface area contributed by atoms with Crippen LogP contribution in [0.15, 0.2) is 0 Å². The lowest BCUT2D eigenvalue weighted by Gasteiger charge is -2.01. The van der Waals surface area contributed by atoms with E-state index in [-0.39, 0.29) is 5.92 Å². The second-order valence-corrected chi connectivity index (χ2v) is 2.47. The molecule has 0 aliphatic rings. The van der Waals surface area contributed by atoms with Crippen LogP contribution in [-0.2, 0) is 0 Å². The van der Waals surface area contributed by atoms with Crippen LogP contribution >= 0.6 is 11.6 Å². The maximum absolute atomic E-state index is 8.48. The Labute approximate surface area is 61.6 Å². The molecule has 0 aromatic rings. The van der Waals surface area contributed by atoms with Crippen molar-refractivity contribution in [1.29, 1.82) is 5.26 Å². The molecular weight excluding hydrogens is 134 g/mol. The maximum atomic E-state index is 8.48. The van der Waals surface area contributed by atoms with Gasteiger partial charge in [-0.25, -0.2) is 0 Å². The largest absolute Gasteiger partial charge is 0.198 e. The van der Waals surface area contributed by atoms with E-state index in [4.69, 9.17) is 16.9 Å². The predicted octanol–water partition coefficient (Wildman–Crippen LogP) is 2.56. The van der Waals surface area contributed by atoms with Gasteiger partial charge in [0.2, 0.25) is 0 Å². The van der Waals surface area contributed by atoms with Crippen molar-refractivity contribution >= 4 is 11.6 Å². The summed E-state index contributed by atoms with van der Waals surface area (Å²) in [4.78, 5) is 0. The first kappa shape index (κ1) is 8.78. The van der Waals surface area contributed by atoms with Crippen molar-refractivity contribution in [2.24, 2.45) is 5.92 Å². The van der Waals surface area contributed by atoms with Crippen LogP contribution in [0.5, 0.6) is 0 Å². The molecule has 0 saturated carbocycles. The Hall–Kier alpha value is -0.220. The van der Waals surface area contributed by atoms with Crippen molar-refractivity contribution in [2.45, 2.75) is 26.2 Å². The minimum atomic E-state index is 0.187. The van der Waals surface area contributed by atoms with Crippen molar-refractivity contribution in [1.82, 2.24) is 0 Å². The van der Waals surface area contributed by atoms with Gasteiger partial charge in [-0.15, -0.1) is 11.6 Å². The second kappa shape index (κ2) is 5.91. The van der Waals surface area contributed by atoms with Crippen LogP contribution in [0.2, 0.25) is 0 Å². The van der Waals surface area contributed by atoms with Crippen molar-refractivity contribution in [3.05, 3.63) is 0 Å². The lowest BCUT2D eigenvalue weighted by molar-refractivity contribution is 0.578. The van der Waals surface area contributed by atoms with Crippen LogP contribution < -0.4 is 0 Å². The normalized spacial score (nSPS) is 12.6. The number of hydrogen-bond donors (Lipinski definition) is 0. The highest BCUT2D eigenvalue weighted by Crippen LogP contribution is 2.09. The fourth-order valence-corrected chi connectivity index (χ4v) is 1.02. The topological polar surface area (TPSA) is 23.8 Å². The Morgan fingerprint density at radius 1 is 1.56 bits per heavy atom. The Bertz CT molecular complexity index is 89.6. The van der Waals surface area contributed by atoms with Gasteiger partial charge in [-0.05, 0) is 12.8 Å². The third-order valence-electron chi connectivity index (χ3n) is 1.28. The van der Waals surface area contributed by atoms with Gasteiger partial charge in [0, 0.05) is 11.8 Å². The first-order chi connectivity index (χ1) is 4.35. The van der Waals surface area contributed by atoms with Crippen LogP contribution in [-0.4, -0.2) is 5.88 Å². The van der Waals surface area contributed by atoms with E-state index in [0.29, 0.717) is 5.88 Å². The van der Waals surface area contributed by atoms with E-state index >= 15 is 0 Å². The number of alkyl halides is 1. The molecule has 0 aliphatic carbocycles. The average Bonchev–Trinajstić information content (AvgIpc) is 1.88. The summed E-state index contributed by atoms with van der Waals surface area (Å²) in [5.41, 5.74) is 0. The minimum Gasteiger partial charge on any atom is -0.198 e. The van der Waals surface area contributed by atoms with Crippen LogP contribution in [0.4, 0.5) is 0 Å². The molecule has 0 saturated heterocycles. The van der Waals surface area contributed by atoms with Gasteiger partial charge < -0.3 is 0 Å². The Kier molecular flexibility index (Phi) is 5.76. The molecular formula is C7H12ClN. The minimum absolute atomic E-state index is 0.187. The van der Waals surface area contributed by atoms with E-state index in [1.54, 1.807) is 0 Å². The fraction of sp³-hybridized carbons (Fsp3) is 0.857. The van der Waals surface area contributed by atoms with Crippen molar-refractivity contribution in [3.8, 4) is 6.07 Å². The van der Waals surface area contributed by atoms with E-state index in [2.05, 4.69) is 13.0 Å².